The van der Waals surface area contributed by atoms with Gasteiger partial charge in [-0.3, -0.25) is 0 Å². The number of rotatable bonds is 7. The van der Waals surface area contributed by atoms with Gasteiger partial charge in [0.05, 0.1) is 11.0 Å². The molecule has 1 aliphatic rings. The largest absolute Gasteiger partial charge is 0.381 e. The molecule has 1 fully saturated rings. The molecule has 0 aliphatic heterocycles. The first-order valence-electron chi connectivity index (χ1n) is 7.84. The second kappa shape index (κ2) is 8.06. The van der Waals surface area contributed by atoms with Gasteiger partial charge in [0.25, 0.3) is 0 Å². The molecule has 2 N–H and O–H groups in total. The van der Waals surface area contributed by atoms with E-state index in [0.717, 1.165) is 31.2 Å². The van der Waals surface area contributed by atoms with Crippen LogP contribution in [0.5, 0.6) is 0 Å². The van der Waals surface area contributed by atoms with E-state index in [1.54, 1.807) is 31.4 Å². The summed E-state index contributed by atoms with van der Waals surface area (Å²) in [4.78, 5) is 0.318. The molecule has 0 saturated heterocycles. The number of hydrogen-bond acceptors (Lipinski definition) is 4. The Labute approximate surface area is 133 Å². The van der Waals surface area contributed by atoms with E-state index in [4.69, 9.17) is 4.74 Å². The minimum atomic E-state index is -3.40. The second-order valence-electron chi connectivity index (χ2n) is 5.87. The summed E-state index contributed by atoms with van der Waals surface area (Å²) in [5.74, 6) is 0. The van der Waals surface area contributed by atoms with Crippen LogP contribution in [0.25, 0.3) is 0 Å². The Balaban J connectivity index is 1.71. The van der Waals surface area contributed by atoms with Gasteiger partial charge in [-0.2, -0.15) is 0 Å². The smallest absolute Gasteiger partial charge is 0.240 e. The Bertz CT molecular complexity index is 549. The van der Waals surface area contributed by atoms with Crippen molar-refractivity contribution in [1.82, 2.24) is 10.0 Å². The molecule has 124 valence electrons. The van der Waals surface area contributed by atoms with Crippen LogP contribution in [0.1, 0.15) is 31.2 Å². The Kier molecular flexibility index (Phi) is 6.37. The number of methoxy groups -OCH3 is 1. The van der Waals surface area contributed by atoms with Gasteiger partial charge in [-0.1, -0.05) is 17.7 Å². The third-order valence-corrected chi connectivity index (χ3v) is 5.67. The number of aryl methyl sites for hydroxylation is 1. The summed E-state index contributed by atoms with van der Waals surface area (Å²) in [5, 5.41) is 3.42. The fourth-order valence-corrected chi connectivity index (χ4v) is 3.80. The lowest BCUT2D eigenvalue weighted by atomic mass is 9.93. The molecule has 1 aliphatic carbocycles. The molecule has 0 atom stereocenters. The van der Waals surface area contributed by atoms with Gasteiger partial charge in [-0.15, -0.1) is 0 Å². The van der Waals surface area contributed by atoms with E-state index in [1.807, 2.05) is 6.92 Å². The van der Waals surface area contributed by atoms with Gasteiger partial charge in [0.2, 0.25) is 10.0 Å². The van der Waals surface area contributed by atoms with E-state index in [-0.39, 0.29) is 0 Å². The van der Waals surface area contributed by atoms with Crippen LogP contribution < -0.4 is 10.0 Å². The number of benzene rings is 1. The van der Waals surface area contributed by atoms with Gasteiger partial charge in [0.1, 0.15) is 0 Å². The summed E-state index contributed by atoms with van der Waals surface area (Å²) < 4.78 is 32.2. The predicted octanol–water partition coefficient (Wildman–Crippen LogP) is 1.82. The maximum Gasteiger partial charge on any atom is 0.240 e. The highest BCUT2D eigenvalue weighted by atomic mass is 32.2. The van der Waals surface area contributed by atoms with Crippen molar-refractivity contribution >= 4 is 10.0 Å². The lowest BCUT2D eigenvalue weighted by molar-refractivity contribution is 0.0627. The van der Waals surface area contributed by atoms with Crippen LogP contribution >= 0.6 is 0 Å². The summed E-state index contributed by atoms with van der Waals surface area (Å²) in [6.07, 6.45) is 4.71. The molecule has 1 aromatic carbocycles. The molecule has 0 bridgehead atoms. The fraction of sp³-hybridized carbons (Fsp3) is 0.625. The maximum atomic E-state index is 12.1. The van der Waals surface area contributed by atoms with Crippen molar-refractivity contribution in [3.63, 3.8) is 0 Å². The van der Waals surface area contributed by atoms with E-state index >= 15 is 0 Å². The van der Waals surface area contributed by atoms with Crippen LogP contribution in [0.4, 0.5) is 0 Å². The van der Waals surface area contributed by atoms with Gasteiger partial charge in [0, 0.05) is 26.2 Å². The predicted molar refractivity (Wildman–Crippen MR) is 87.4 cm³/mol. The average molecular weight is 326 g/mol. The van der Waals surface area contributed by atoms with Crippen LogP contribution in [-0.4, -0.2) is 40.8 Å². The van der Waals surface area contributed by atoms with Gasteiger partial charge in [-0.25, -0.2) is 13.1 Å². The lowest BCUT2D eigenvalue weighted by Gasteiger charge is -2.28. The summed E-state index contributed by atoms with van der Waals surface area (Å²) in [5.41, 5.74) is 1.05. The molecule has 0 radical (unpaired) electrons. The van der Waals surface area contributed by atoms with Crippen LogP contribution in [0, 0.1) is 6.92 Å². The summed E-state index contributed by atoms with van der Waals surface area (Å²) >= 11 is 0. The standard InChI is InChI=1S/C16H26N2O3S/c1-13-3-9-16(10-4-13)22(19,20)18-12-11-17-14-5-7-15(21-2)8-6-14/h3-4,9-10,14-15,17-18H,5-8,11-12H2,1-2H3. The maximum absolute atomic E-state index is 12.1. The molecular weight excluding hydrogens is 300 g/mol. The molecule has 6 heteroatoms. The van der Waals surface area contributed by atoms with Gasteiger partial charge < -0.3 is 10.1 Å². The van der Waals surface area contributed by atoms with Crippen molar-refractivity contribution < 1.29 is 13.2 Å². The fourth-order valence-electron chi connectivity index (χ4n) is 2.77. The molecule has 2 rings (SSSR count). The minimum absolute atomic E-state index is 0.318. The average Bonchev–Trinajstić information content (AvgIpc) is 2.52. The van der Waals surface area contributed by atoms with Crippen molar-refractivity contribution in [1.29, 1.82) is 0 Å². The first-order chi connectivity index (χ1) is 10.5. The molecule has 0 amide bonds. The van der Waals surface area contributed by atoms with Crippen LogP contribution in [0.2, 0.25) is 0 Å². The topological polar surface area (TPSA) is 67.4 Å². The normalized spacial score (nSPS) is 22.6. The van der Waals surface area contributed by atoms with Crippen molar-refractivity contribution in [3.8, 4) is 0 Å². The van der Waals surface area contributed by atoms with Crippen LogP contribution in [0.15, 0.2) is 29.2 Å². The molecule has 5 nitrogen and oxygen atoms in total. The third kappa shape index (κ3) is 5.05. The molecule has 0 unspecified atom stereocenters. The van der Waals surface area contributed by atoms with Crippen LogP contribution in [0.3, 0.4) is 0 Å². The Morgan fingerprint density at radius 2 is 1.73 bits per heavy atom. The SMILES string of the molecule is COC1CCC(NCCNS(=O)(=O)c2ccc(C)cc2)CC1. The summed E-state index contributed by atoms with van der Waals surface area (Å²) in [6, 6.07) is 7.35. The summed E-state index contributed by atoms with van der Waals surface area (Å²) in [6.45, 7) is 2.99. The Morgan fingerprint density at radius 1 is 1.09 bits per heavy atom. The molecule has 0 spiro atoms. The number of sulfonamides is 1. The summed E-state index contributed by atoms with van der Waals surface area (Å²) in [7, 11) is -1.64. The number of ether oxygens (including phenoxy) is 1. The molecule has 1 saturated carbocycles. The molecule has 0 aromatic heterocycles. The van der Waals surface area contributed by atoms with Gasteiger partial charge in [-0.05, 0) is 44.7 Å². The quantitative estimate of drug-likeness (QED) is 0.750. The highest BCUT2D eigenvalue weighted by Gasteiger charge is 2.20. The first-order valence-corrected chi connectivity index (χ1v) is 9.32. The zero-order valence-corrected chi connectivity index (χ0v) is 14.2. The lowest BCUT2D eigenvalue weighted by Crippen LogP contribution is -2.39. The van der Waals surface area contributed by atoms with Crippen LogP contribution in [-0.2, 0) is 14.8 Å². The molecular formula is C16H26N2O3S. The third-order valence-electron chi connectivity index (χ3n) is 4.19. The highest BCUT2D eigenvalue weighted by Crippen LogP contribution is 2.20. The van der Waals surface area contributed by atoms with Gasteiger partial charge in [0.15, 0.2) is 0 Å². The highest BCUT2D eigenvalue weighted by molar-refractivity contribution is 7.89. The van der Waals surface area contributed by atoms with E-state index in [1.165, 1.54) is 0 Å². The van der Waals surface area contributed by atoms with Crippen molar-refractivity contribution in [3.05, 3.63) is 29.8 Å². The molecule has 0 heterocycles. The monoisotopic (exact) mass is 326 g/mol. The van der Waals surface area contributed by atoms with E-state index in [2.05, 4.69) is 10.0 Å². The molecule has 1 aromatic rings. The zero-order valence-electron chi connectivity index (χ0n) is 13.3. The zero-order chi connectivity index (χ0) is 16.0. The van der Waals surface area contributed by atoms with Gasteiger partial charge >= 0.3 is 0 Å². The van der Waals surface area contributed by atoms with Crippen molar-refractivity contribution in [2.75, 3.05) is 20.2 Å². The Morgan fingerprint density at radius 3 is 2.32 bits per heavy atom. The second-order valence-corrected chi connectivity index (χ2v) is 7.64. The van der Waals surface area contributed by atoms with E-state index in [0.29, 0.717) is 30.1 Å². The van der Waals surface area contributed by atoms with Crippen molar-refractivity contribution in [2.24, 2.45) is 0 Å². The number of hydrogen-bond donors (Lipinski definition) is 2. The Hall–Kier alpha value is -0.950. The molecule has 22 heavy (non-hydrogen) atoms. The first kappa shape index (κ1) is 17.4. The number of nitrogens with one attached hydrogen (secondary N) is 2. The van der Waals surface area contributed by atoms with E-state index < -0.39 is 10.0 Å². The van der Waals surface area contributed by atoms with E-state index in [9.17, 15) is 8.42 Å². The minimum Gasteiger partial charge on any atom is -0.381 e. The van der Waals surface area contributed by atoms with Crippen molar-refractivity contribution in [2.45, 2.75) is 49.6 Å².